The summed E-state index contributed by atoms with van der Waals surface area (Å²) in [4.78, 5) is 14.5. The van der Waals surface area contributed by atoms with Crippen molar-refractivity contribution in [2.24, 2.45) is 0 Å². The minimum atomic E-state index is -0.919. The van der Waals surface area contributed by atoms with Crippen LogP contribution in [0.2, 0.25) is 5.02 Å². The van der Waals surface area contributed by atoms with Gasteiger partial charge in [0.2, 0.25) is 5.83 Å². The molecule has 3 nitrogen and oxygen atoms in total. The van der Waals surface area contributed by atoms with Gasteiger partial charge in [0.05, 0.1) is 6.61 Å². The van der Waals surface area contributed by atoms with Crippen LogP contribution in [-0.4, -0.2) is 31.1 Å². The highest BCUT2D eigenvalue weighted by atomic mass is 35.5. The van der Waals surface area contributed by atoms with Gasteiger partial charge in [-0.2, -0.15) is 4.39 Å². The number of nitrogens with zero attached hydrogens (tertiary/aromatic N) is 1. The molecule has 1 aliphatic rings. The quantitative estimate of drug-likeness (QED) is 0.604. The van der Waals surface area contributed by atoms with E-state index >= 15 is 0 Å². The van der Waals surface area contributed by atoms with Crippen LogP contribution < -0.4 is 0 Å². The van der Waals surface area contributed by atoms with Crippen molar-refractivity contribution in [3.63, 3.8) is 0 Å². The van der Waals surface area contributed by atoms with Gasteiger partial charge in [-0.1, -0.05) is 11.6 Å². The number of hydrogen-bond donors (Lipinski definition) is 0. The molecular weight excluding hydrogens is 337 g/mol. The van der Waals surface area contributed by atoms with Gasteiger partial charge in [-0.25, -0.2) is 4.79 Å². The van der Waals surface area contributed by atoms with Crippen LogP contribution in [0.3, 0.4) is 0 Å². The number of esters is 1. The lowest BCUT2D eigenvalue weighted by atomic mass is 10.0. The van der Waals surface area contributed by atoms with Crippen molar-refractivity contribution in [2.75, 3.05) is 20.2 Å². The SMILES string of the molecule is CCOC(=O)C(F)=Cc1sc2ccc(Cl)c3c2c1CN(C)CC3. The third kappa shape index (κ3) is 3.13. The van der Waals surface area contributed by atoms with Crippen molar-refractivity contribution in [1.29, 1.82) is 0 Å². The van der Waals surface area contributed by atoms with E-state index in [-0.39, 0.29) is 6.61 Å². The maximum atomic E-state index is 14.1. The molecule has 1 aliphatic heterocycles. The van der Waals surface area contributed by atoms with Gasteiger partial charge in [0.15, 0.2) is 0 Å². The Morgan fingerprint density at radius 2 is 2.26 bits per heavy atom. The summed E-state index contributed by atoms with van der Waals surface area (Å²) in [5, 5.41) is 1.85. The Labute approximate surface area is 143 Å². The van der Waals surface area contributed by atoms with E-state index in [1.54, 1.807) is 6.92 Å². The monoisotopic (exact) mass is 353 g/mol. The van der Waals surface area contributed by atoms with Crippen LogP contribution in [0.25, 0.3) is 16.2 Å². The molecule has 0 saturated heterocycles. The number of rotatable bonds is 3. The van der Waals surface area contributed by atoms with Crippen LogP contribution in [0.5, 0.6) is 0 Å². The van der Waals surface area contributed by atoms with E-state index in [2.05, 4.69) is 4.90 Å². The fraction of sp³-hybridized carbons (Fsp3) is 0.353. The molecule has 0 atom stereocenters. The molecule has 1 aromatic heterocycles. The Hall–Kier alpha value is -1.43. The number of carbonyl (C=O) groups excluding carboxylic acids is 1. The zero-order valence-electron chi connectivity index (χ0n) is 13.0. The second kappa shape index (κ2) is 6.59. The third-order valence-electron chi connectivity index (χ3n) is 3.94. The molecule has 2 heterocycles. The zero-order valence-corrected chi connectivity index (χ0v) is 14.6. The van der Waals surface area contributed by atoms with Crippen LogP contribution in [0.15, 0.2) is 18.0 Å². The topological polar surface area (TPSA) is 29.5 Å². The number of thiophene rings is 1. The van der Waals surface area contributed by atoms with Crippen molar-refractivity contribution in [1.82, 2.24) is 4.90 Å². The summed E-state index contributed by atoms with van der Waals surface area (Å²) in [7, 11) is 2.03. The van der Waals surface area contributed by atoms with Gasteiger partial charge in [0, 0.05) is 33.1 Å². The fourth-order valence-corrected chi connectivity index (χ4v) is 4.29. The summed E-state index contributed by atoms with van der Waals surface area (Å²) in [6.07, 6.45) is 2.15. The molecule has 0 bridgehead atoms. The number of hydrogen-bond acceptors (Lipinski definition) is 4. The van der Waals surface area contributed by atoms with Crippen molar-refractivity contribution in [2.45, 2.75) is 19.9 Å². The van der Waals surface area contributed by atoms with E-state index in [9.17, 15) is 9.18 Å². The summed E-state index contributed by atoms with van der Waals surface area (Å²) >= 11 is 7.84. The van der Waals surface area contributed by atoms with E-state index in [0.717, 1.165) is 44.1 Å². The maximum Gasteiger partial charge on any atom is 0.367 e. The number of halogens is 2. The second-order valence-electron chi connectivity index (χ2n) is 5.54. The van der Waals surface area contributed by atoms with Crippen LogP contribution in [0.4, 0.5) is 4.39 Å². The number of likely N-dealkylation sites (N-methyl/N-ethyl adjacent to an activating group) is 1. The number of ether oxygens (including phenoxy) is 1. The average molecular weight is 354 g/mol. The minimum absolute atomic E-state index is 0.155. The molecule has 0 radical (unpaired) electrons. The van der Waals surface area contributed by atoms with Gasteiger partial charge in [-0.15, -0.1) is 11.3 Å². The van der Waals surface area contributed by atoms with Gasteiger partial charge in [-0.3, -0.25) is 0 Å². The molecule has 2 aromatic rings. The molecule has 23 heavy (non-hydrogen) atoms. The van der Waals surface area contributed by atoms with Gasteiger partial charge >= 0.3 is 5.97 Å². The molecule has 3 rings (SSSR count). The molecule has 0 fully saturated rings. The zero-order chi connectivity index (χ0) is 16.6. The molecule has 0 unspecified atom stereocenters. The third-order valence-corrected chi connectivity index (χ3v) is 5.43. The second-order valence-corrected chi connectivity index (χ2v) is 7.04. The highest BCUT2D eigenvalue weighted by Gasteiger charge is 2.22. The average Bonchev–Trinajstić information content (AvgIpc) is 2.73. The van der Waals surface area contributed by atoms with Gasteiger partial charge in [0.1, 0.15) is 0 Å². The minimum Gasteiger partial charge on any atom is -0.461 e. The Bertz CT molecular complexity index is 799. The normalized spacial score (nSPS) is 15.7. The summed E-state index contributed by atoms with van der Waals surface area (Å²) in [5.41, 5.74) is 2.14. The van der Waals surface area contributed by atoms with E-state index in [4.69, 9.17) is 16.3 Å². The van der Waals surface area contributed by atoms with Crippen LogP contribution >= 0.6 is 22.9 Å². The molecule has 1 aromatic carbocycles. The fourth-order valence-electron chi connectivity index (χ4n) is 2.86. The van der Waals surface area contributed by atoms with Crippen LogP contribution in [0, 0.1) is 0 Å². The predicted molar refractivity (Wildman–Crippen MR) is 92.6 cm³/mol. The Morgan fingerprint density at radius 3 is 3.00 bits per heavy atom. The van der Waals surface area contributed by atoms with Crippen LogP contribution in [-0.2, 0) is 22.5 Å². The highest BCUT2D eigenvalue weighted by Crippen LogP contribution is 2.40. The summed E-state index contributed by atoms with van der Waals surface area (Å²) in [6.45, 7) is 3.40. The molecule has 0 amide bonds. The number of carbonyl (C=O) groups is 1. The molecule has 122 valence electrons. The first kappa shape index (κ1) is 16.4. The van der Waals surface area contributed by atoms with E-state index < -0.39 is 11.8 Å². The molecule has 0 spiro atoms. The lowest BCUT2D eigenvalue weighted by Crippen LogP contribution is -2.18. The first-order valence-corrected chi connectivity index (χ1v) is 8.66. The molecule has 0 aliphatic carbocycles. The highest BCUT2D eigenvalue weighted by molar-refractivity contribution is 7.20. The van der Waals surface area contributed by atoms with E-state index in [0.29, 0.717) is 6.54 Å². The summed E-state index contributed by atoms with van der Waals surface area (Å²) < 4.78 is 19.8. The summed E-state index contributed by atoms with van der Waals surface area (Å²) in [5.74, 6) is -1.79. The number of benzene rings is 1. The Balaban J connectivity index is 2.15. The van der Waals surface area contributed by atoms with Gasteiger partial charge in [-0.05, 0) is 49.7 Å². The lowest BCUT2D eigenvalue weighted by Gasteiger charge is -2.13. The van der Waals surface area contributed by atoms with Gasteiger partial charge in [0.25, 0.3) is 0 Å². The standard InChI is InChI=1S/C17H17ClFNO2S/c1-3-22-17(21)13(19)8-15-11-9-20(2)7-6-10-12(18)4-5-14(23-15)16(10)11/h4-5,8H,3,6-7,9H2,1-2H3. The van der Waals surface area contributed by atoms with Crippen LogP contribution in [0.1, 0.15) is 22.9 Å². The van der Waals surface area contributed by atoms with Crippen molar-refractivity contribution in [3.8, 4) is 0 Å². The molecular formula is C17H17ClFNO2S. The largest absolute Gasteiger partial charge is 0.461 e. The summed E-state index contributed by atoms with van der Waals surface area (Å²) in [6, 6.07) is 3.85. The van der Waals surface area contributed by atoms with E-state index in [1.165, 1.54) is 17.4 Å². The first-order valence-electron chi connectivity index (χ1n) is 7.47. The molecule has 6 heteroatoms. The maximum absolute atomic E-state index is 14.1. The van der Waals surface area contributed by atoms with Gasteiger partial charge < -0.3 is 9.64 Å². The Kier molecular flexibility index (Phi) is 4.71. The first-order chi connectivity index (χ1) is 11.0. The Morgan fingerprint density at radius 1 is 1.48 bits per heavy atom. The predicted octanol–water partition coefficient (Wildman–Crippen LogP) is 4.42. The van der Waals surface area contributed by atoms with E-state index in [1.807, 2.05) is 19.2 Å². The van der Waals surface area contributed by atoms with Crippen molar-refractivity contribution < 1.29 is 13.9 Å². The van der Waals surface area contributed by atoms with Crippen molar-refractivity contribution in [3.05, 3.63) is 39.0 Å². The lowest BCUT2D eigenvalue weighted by molar-refractivity contribution is -0.140. The van der Waals surface area contributed by atoms with Crippen molar-refractivity contribution >= 4 is 45.1 Å². The molecule has 0 N–H and O–H groups in total. The molecule has 0 saturated carbocycles. The smallest absolute Gasteiger partial charge is 0.367 e.